The van der Waals surface area contributed by atoms with Crippen LogP contribution in [-0.2, 0) is 4.79 Å². The van der Waals surface area contributed by atoms with Crippen molar-refractivity contribution in [2.45, 2.75) is 19.4 Å². The molecule has 118 valence electrons. The van der Waals surface area contributed by atoms with Crippen molar-refractivity contribution >= 4 is 18.3 Å². The lowest BCUT2D eigenvalue weighted by Crippen LogP contribution is -2.40. The monoisotopic (exact) mass is 314 g/mol. The molecule has 0 saturated carbocycles. The lowest BCUT2D eigenvalue weighted by molar-refractivity contribution is -0.133. The van der Waals surface area contributed by atoms with Crippen molar-refractivity contribution in [3.8, 4) is 11.5 Å². The van der Waals surface area contributed by atoms with Crippen molar-refractivity contribution in [2.75, 3.05) is 33.4 Å². The van der Waals surface area contributed by atoms with Crippen molar-refractivity contribution in [3.05, 3.63) is 24.3 Å². The normalized spacial score (nSPS) is 17.0. The van der Waals surface area contributed by atoms with Crippen molar-refractivity contribution < 1.29 is 14.3 Å². The molecule has 1 saturated heterocycles. The molecule has 1 aromatic rings. The van der Waals surface area contributed by atoms with Gasteiger partial charge in [0.2, 0.25) is 0 Å². The van der Waals surface area contributed by atoms with Gasteiger partial charge in [-0.2, -0.15) is 0 Å². The lowest BCUT2D eigenvalue weighted by atomic mass is 10.2. The summed E-state index contributed by atoms with van der Waals surface area (Å²) in [6.45, 7) is 4.36. The van der Waals surface area contributed by atoms with Crippen LogP contribution in [0.3, 0.4) is 0 Å². The first-order chi connectivity index (χ1) is 9.72. The smallest absolute Gasteiger partial charge is 0.260 e. The zero-order valence-corrected chi connectivity index (χ0v) is 13.3. The molecule has 0 spiro atoms. The molecule has 1 unspecified atom stereocenters. The standard InChI is InChI=1S/C15H22N2O3.ClH/c1-3-19-13-6-4-5-7-14(13)20-11-15(18)17(2)12-8-9-16-10-12;/h4-7,12,16H,3,8-11H2,1-2H3;1H. The number of likely N-dealkylation sites (N-methyl/N-ethyl adjacent to an activating group) is 1. The fourth-order valence-corrected chi connectivity index (χ4v) is 2.26. The van der Waals surface area contributed by atoms with Crippen molar-refractivity contribution in [1.82, 2.24) is 10.2 Å². The van der Waals surface area contributed by atoms with Crippen LogP contribution in [0.15, 0.2) is 24.3 Å². The summed E-state index contributed by atoms with van der Waals surface area (Å²) in [6.07, 6.45) is 0.998. The van der Waals surface area contributed by atoms with E-state index in [2.05, 4.69) is 5.32 Å². The van der Waals surface area contributed by atoms with Crippen LogP contribution in [0.25, 0.3) is 0 Å². The van der Waals surface area contributed by atoms with E-state index in [1.54, 1.807) is 4.90 Å². The Labute approximate surface area is 132 Å². The van der Waals surface area contributed by atoms with Crippen molar-refractivity contribution in [2.24, 2.45) is 0 Å². The molecule has 1 fully saturated rings. The summed E-state index contributed by atoms with van der Waals surface area (Å²) < 4.78 is 11.1. The first-order valence-electron chi connectivity index (χ1n) is 7.03. The number of nitrogens with one attached hydrogen (secondary N) is 1. The lowest BCUT2D eigenvalue weighted by Gasteiger charge is -2.24. The molecule has 0 aliphatic carbocycles. The van der Waals surface area contributed by atoms with Gasteiger partial charge in [0.15, 0.2) is 18.1 Å². The number of para-hydroxylation sites is 2. The zero-order valence-electron chi connectivity index (χ0n) is 12.5. The predicted octanol–water partition coefficient (Wildman–Crippen LogP) is 1.71. The fourth-order valence-electron chi connectivity index (χ4n) is 2.26. The first kappa shape index (κ1) is 17.6. The molecule has 21 heavy (non-hydrogen) atoms. The van der Waals surface area contributed by atoms with Crippen LogP contribution in [0.1, 0.15) is 13.3 Å². The Bertz CT molecular complexity index is 450. The van der Waals surface area contributed by atoms with E-state index < -0.39 is 0 Å². The Kier molecular flexibility index (Phi) is 7.32. The molecule has 0 aromatic heterocycles. The van der Waals surface area contributed by atoms with E-state index in [0.717, 1.165) is 19.5 Å². The first-order valence-corrected chi connectivity index (χ1v) is 7.03. The summed E-state index contributed by atoms with van der Waals surface area (Å²) >= 11 is 0. The number of ether oxygens (including phenoxy) is 2. The quantitative estimate of drug-likeness (QED) is 0.868. The second-order valence-corrected chi connectivity index (χ2v) is 4.82. The predicted molar refractivity (Wildman–Crippen MR) is 84.4 cm³/mol. The highest BCUT2D eigenvalue weighted by atomic mass is 35.5. The van der Waals surface area contributed by atoms with Gasteiger partial charge < -0.3 is 19.7 Å². The van der Waals surface area contributed by atoms with Crippen LogP contribution in [0.4, 0.5) is 0 Å². The maximum Gasteiger partial charge on any atom is 0.260 e. The molecule has 1 aliphatic heterocycles. The molecule has 1 amide bonds. The average molecular weight is 315 g/mol. The second-order valence-electron chi connectivity index (χ2n) is 4.82. The minimum absolute atomic E-state index is 0. The number of benzene rings is 1. The van der Waals surface area contributed by atoms with E-state index in [0.29, 0.717) is 18.1 Å². The van der Waals surface area contributed by atoms with Crippen LogP contribution in [0, 0.1) is 0 Å². The summed E-state index contributed by atoms with van der Waals surface area (Å²) in [4.78, 5) is 13.9. The summed E-state index contributed by atoms with van der Waals surface area (Å²) in [6, 6.07) is 7.68. The number of hydrogen-bond acceptors (Lipinski definition) is 4. The van der Waals surface area contributed by atoms with E-state index >= 15 is 0 Å². The topological polar surface area (TPSA) is 50.8 Å². The number of rotatable bonds is 6. The van der Waals surface area contributed by atoms with Gasteiger partial charge in [0, 0.05) is 19.6 Å². The number of carbonyl (C=O) groups is 1. The summed E-state index contributed by atoms with van der Waals surface area (Å²) in [7, 11) is 1.83. The Morgan fingerprint density at radius 3 is 2.57 bits per heavy atom. The average Bonchev–Trinajstić information content (AvgIpc) is 2.99. The Balaban J connectivity index is 0.00000220. The highest BCUT2D eigenvalue weighted by Crippen LogP contribution is 2.26. The molecule has 5 nitrogen and oxygen atoms in total. The number of carbonyl (C=O) groups excluding carboxylic acids is 1. The molecule has 6 heteroatoms. The number of halogens is 1. The van der Waals surface area contributed by atoms with Gasteiger partial charge >= 0.3 is 0 Å². The minimum atomic E-state index is -0.00926. The molecule has 0 radical (unpaired) electrons. The Hall–Kier alpha value is -1.46. The summed E-state index contributed by atoms with van der Waals surface area (Å²) in [5, 5.41) is 3.25. The highest BCUT2D eigenvalue weighted by molar-refractivity contribution is 5.85. The maximum atomic E-state index is 12.1. The summed E-state index contributed by atoms with van der Waals surface area (Å²) in [5.41, 5.74) is 0. The minimum Gasteiger partial charge on any atom is -0.490 e. The SMILES string of the molecule is CCOc1ccccc1OCC(=O)N(C)C1CCNC1.Cl. The molecule has 1 heterocycles. The van der Waals surface area contributed by atoms with Gasteiger partial charge in [-0.25, -0.2) is 0 Å². The number of nitrogens with zero attached hydrogens (tertiary/aromatic N) is 1. The third-order valence-electron chi connectivity index (χ3n) is 3.48. The molecule has 1 aromatic carbocycles. The third-order valence-corrected chi connectivity index (χ3v) is 3.48. The van der Waals surface area contributed by atoms with E-state index in [1.165, 1.54) is 0 Å². The number of amides is 1. The molecular weight excluding hydrogens is 292 g/mol. The van der Waals surface area contributed by atoms with Gasteiger partial charge in [0.1, 0.15) is 0 Å². The highest BCUT2D eigenvalue weighted by Gasteiger charge is 2.23. The molecular formula is C15H23ClN2O3. The molecule has 1 aliphatic rings. The Morgan fingerprint density at radius 1 is 1.33 bits per heavy atom. The number of hydrogen-bond donors (Lipinski definition) is 1. The zero-order chi connectivity index (χ0) is 14.4. The third kappa shape index (κ3) is 4.79. The van der Waals surface area contributed by atoms with E-state index in [-0.39, 0.29) is 31.0 Å². The van der Waals surface area contributed by atoms with Crippen LogP contribution in [-0.4, -0.2) is 50.2 Å². The largest absolute Gasteiger partial charge is 0.490 e. The second kappa shape index (κ2) is 8.74. The van der Waals surface area contributed by atoms with Crippen molar-refractivity contribution in [3.63, 3.8) is 0 Å². The molecule has 1 atom stereocenters. The Morgan fingerprint density at radius 2 is 2.00 bits per heavy atom. The van der Waals surface area contributed by atoms with E-state index in [4.69, 9.17) is 9.47 Å². The van der Waals surface area contributed by atoms with Gasteiger partial charge in [-0.15, -0.1) is 12.4 Å². The van der Waals surface area contributed by atoms with Gasteiger partial charge in [0.05, 0.1) is 6.61 Å². The van der Waals surface area contributed by atoms with E-state index in [9.17, 15) is 4.79 Å². The van der Waals surface area contributed by atoms with Crippen LogP contribution < -0.4 is 14.8 Å². The molecule has 1 N–H and O–H groups in total. The molecule has 0 bridgehead atoms. The fraction of sp³-hybridized carbons (Fsp3) is 0.533. The van der Waals surface area contributed by atoms with Gasteiger partial charge in [-0.05, 0) is 32.0 Å². The summed E-state index contributed by atoms with van der Waals surface area (Å²) in [5.74, 6) is 1.28. The van der Waals surface area contributed by atoms with Crippen LogP contribution >= 0.6 is 12.4 Å². The van der Waals surface area contributed by atoms with Gasteiger partial charge in [0.25, 0.3) is 5.91 Å². The van der Waals surface area contributed by atoms with Crippen molar-refractivity contribution in [1.29, 1.82) is 0 Å². The molecule has 2 rings (SSSR count). The van der Waals surface area contributed by atoms with E-state index in [1.807, 2.05) is 38.2 Å². The van der Waals surface area contributed by atoms with Gasteiger partial charge in [-0.1, -0.05) is 12.1 Å². The van der Waals surface area contributed by atoms with Crippen LogP contribution in [0.2, 0.25) is 0 Å². The van der Waals surface area contributed by atoms with Gasteiger partial charge in [-0.3, -0.25) is 4.79 Å². The maximum absolute atomic E-state index is 12.1. The van der Waals surface area contributed by atoms with Crippen LogP contribution in [0.5, 0.6) is 11.5 Å².